The van der Waals surface area contributed by atoms with Crippen molar-refractivity contribution >= 4 is 12.1 Å². The maximum atomic E-state index is 12.6. The largest absolute Gasteiger partial charge is 0.467 e. The molecule has 0 spiro atoms. The van der Waals surface area contributed by atoms with E-state index in [1.54, 1.807) is 0 Å². The summed E-state index contributed by atoms with van der Waals surface area (Å²) in [4.78, 5) is 24.8. The average molecular weight is 415 g/mol. The number of hydrogen-bond donors (Lipinski definition) is 1. The maximum Gasteiger partial charge on any atom is 0.407 e. The SMILES string of the molecule is COC(=O)[C@H](Cc1ccccc1C)NC(=O)OCC1c2ccccc2-c2ccccc21. The second-order valence-electron chi connectivity index (χ2n) is 7.68. The van der Waals surface area contributed by atoms with Gasteiger partial charge in [-0.2, -0.15) is 0 Å². The highest BCUT2D eigenvalue weighted by molar-refractivity contribution is 5.82. The Labute approximate surface area is 182 Å². The van der Waals surface area contributed by atoms with E-state index < -0.39 is 18.1 Å². The van der Waals surface area contributed by atoms with Gasteiger partial charge in [-0.3, -0.25) is 0 Å². The van der Waals surface area contributed by atoms with Crippen LogP contribution in [0.15, 0.2) is 72.8 Å². The molecule has 1 N–H and O–H groups in total. The quantitative estimate of drug-likeness (QED) is 0.597. The maximum absolute atomic E-state index is 12.6. The summed E-state index contributed by atoms with van der Waals surface area (Å²) in [5, 5.41) is 2.68. The van der Waals surface area contributed by atoms with Gasteiger partial charge >= 0.3 is 12.1 Å². The van der Waals surface area contributed by atoms with E-state index in [2.05, 4.69) is 29.6 Å². The Hall–Kier alpha value is -3.60. The molecule has 0 aliphatic heterocycles. The molecule has 4 rings (SSSR count). The molecule has 1 aliphatic carbocycles. The lowest BCUT2D eigenvalue weighted by Crippen LogP contribution is -2.43. The van der Waals surface area contributed by atoms with Crippen LogP contribution in [-0.2, 0) is 20.7 Å². The van der Waals surface area contributed by atoms with E-state index in [0.29, 0.717) is 6.42 Å². The Kier molecular flexibility index (Phi) is 6.03. The summed E-state index contributed by atoms with van der Waals surface area (Å²) in [6.45, 7) is 2.16. The Bertz CT molecular complexity index is 1060. The number of methoxy groups -OCH3 is 1. The van der Waals surface area contributed by atoms with Crippen molar-refractivity contribution in [2.75, 3.05) is 13.7 Å². The first-order chi connectivity index (χ1) is 15.1. The predicted octanol–water partition coefficient (Wildman–Crippen LogP) is 4.62. The molecule has 0 fully saturated rings. The van der Waals surface area contributed by atoms with Crippen LogP contribution < -0.4 is 5.32 Å². The highest BCUT2D eigenvalue weighted by atomic mass is 16.6. The van der Waals surface area contributed by atoms with E-state index in [1.807, 2.05) is 55.5 Å². The first-order valence-corrected chi connectivity index (χ1v) is 10.3. The summed E-state index contributed by atoms with van der Waals surface area (Å²) in [6.07, 6.45) is -0.297. The average Bonchev–Trinajstić information content (AvgIpc) is 3.12. The normalized spacial score (nSPS) is 13.1. The molecule has 3 aromatic carbocycles. The number of esters is 1. The highest BCUT2D eigenvalue weighted by Crippen LogP contribution is 2.44. The first-order valence-electron chi connectivity index (χ1n) is 10.3. The number of carbonyl (C=O) groups is 2. The van der Waals surface area contributed by atoms with Crippen molar-refractivity contribution in [1.29, 1.82) is 0 Å². The van der Waals surface area contributed by atoms with Crippen LogP contribution in [0.5, 0.6) is 0 Å². The van der Waals surface area contributed by atoms with Gasteiger partial charge in [0, 0.05) is 12.3 Å². The van der Waals surface area contributed by atoms with Gasteiger partial charge in [0.25, 0.3) is 0 Å². The fraction of sp³-hybridized carbons (Fsp3) is 0.231. The minimum atomic E-state index is -0.818. The molecule has 1 amide bonds. The van der Waals surface area contributed by atoms with Crippen LogP contribution in [0.4, 0.5) is 4.79 Å². The fourth-order valence-electron chi connectivity index (χ4n) is 4.18. The third kappa shape index (κ3) is 4.31. The molecule has 0 unspecified atom stereocenters. The number of alkyl carbamates (subject to hydrolysis) is 1. The fourth-order valence-corrected chi connectivity index (χ4v) is 4.18. The van der Waals surface area contributed by atoms with E-state index in [0.717, 1.165) is 22.3 Å². The molecule has 158 valence electrons. The van der Waals surface area contributed by atoms with Gasteiger partial charge in [0.1, 0.15) is 12.6 Å². The smallest absolute Gasteiger partial charge is 0.407 e. The van der Waals surface area contributed by atoms with Crippen LogP contribution in [-0.4, -0.2) is 31.8 Å². The summed E-state index contributed by atoms with van der Waals surface area (Å²) < 4.78 is 10.5. The lowest BCUT2D eigenvalue weighted by atomic mass is 9.98. The van der Waals surface area contributed by atoms with Crippen molar-refractivity contribution in [3.63, 3.8) is 0 Å². The summed E-state index contributed by atoms with van der Waals surface area (Å²) >= 11 is 0. The molecule has 0 saturated heterocycles. The Morgan fingerprint density at radius 1 is 0.903 bits per heavy atom. The summed E-state index contributed by atoms with van der Waals surface area (Å²) in [6, 6.07) is 23.2. The Morgan fingerprint density at radius 3 is 2.10 bits per heavy atom. The van der Waals surface area contributed by atoms with Crippen LogP contribution in [0.2, 0.25) is 0 Å². The molecular formula is C26H25NO4. The van der Waals surface area contributed by atoms with E-state index >= 15 is 0 Å². The van der Waals surface area contributed by atoms with Crippen molar-refractivity contribution in [2.24, 2.45) is 0 Å². The standard InChI is InChI=1S/C26H25NO4/c1-17-9-3-4-10-18(17)15-24(25(28)30-2)27-26(29)31-16-23-21-13-7-5-11-19(21)20-12-6-8-14-22(20)23/h3-14,23-24H,15-16H2,1-2H3,(H,27,29)/t24-/m0/s1. The van der Waals surface area contributed by atoms with E-state index in [9.17, 15) is 9.59 Å². The second kappa shape index (κ2) is 9.04. The lowest BCUT2D eigenvalue weighted by molar-refractivity contribution is -0.143. The van der Waals surface area contributed by atoms with Gasteiger partial charge in [-0.1, -0.05) is 72.8 Å². The zero-order valence-corrected chi connectivity index (χ0v) is 17.6. The molecule has 5 heteroatoms. The monoisotopic (exact) mass is 415 g/mol. The highest BCUT2D eigenvalue weighted by Gasteiger charge is 2.30. The van der Waals surface area contributed by atoms with Crippen LogP contribution in [0.25, 0.3) is 11.1 Å². The number of hydrogen-bond acceptors (Lipinski definition) is 4. The topological polar surface area (TPSA) is 64.6 Å². The molecule has 1 atom stereocenters. The molecule has 0 heterocycles. The number of fused-ring (bicyclic) bond motifs is 3. The summed E-state index contributed by atoms with van der Waals surface area (Å²) in [5.74, 6) is -0.539. The lowest BCUT2D eigenvalue weighted by Gasteiger charge is -2.19. The number of carbonyl (C=O) groups excluding carboxylic acids is 2. The number of nitrogens with one attached hydrogen (secondary N) is 1. The molecule has 3 aromatic rings. The molecule has 0 radical (unpaired) electrons. The number of rotatable bonds is 6. The van der Waals surface area contributed by atoms with Crippen molar-refractivity contribution in [3.05, 3.63) is 95.1 Å². The van der Waals surface area contributed by atoms with Crippen LogP contribution >= 0.6 is 0 Å². The van der Waals surface area contributed by atoms with E-state index in [1.165, 1.54) is 18.2 Å². The van der Waals surface area contributed by atoms with Gasteiger partial charge in [-0.25, -0.2) is 9.59 Å². The van der Waals surface area contributed by atoms with Crippen molar-refractivity contribution < 1.29 is 19.1 Å². The molecule has 0 saturated carbocycles. The van der Waals surface area contributed by atoms with Gasteiger partial charge in [-0.15, -0.1) is 0 Å². The predicted molar refractivity (Wildman–Crippen MR) is 119 cm³/mol. The minimum Gasteiger partial charge on any atom is -0.467 e. The van der Waals surface area contributed by atoms with Gasteiger partial charge in [-0.05, 0) is 40.3 Å². The molecule has 0 aromatic heterocycles. The van der Waals surface area contributed by atoms with Gasteiger partial charge in [0.05, 0.1) is 7.11 Å². The Morgan fingerprint density at radius 2 is 1.48 bits per heavy atom. The molecule has 0 bridgehead atoms. The zero-order valence-electron chi connectivity index (χ0n) is 17.6. The van der Waals surface area contributed by atoms with E-state index in [-0.39, 0.29) is 12.5 Å². The van der Waals surface area contributed by atoms with Gasteiger partial charge in [0.2, 0.25) is 0 Å². The third-order valence-electron chi connectivity index (χ3n) is 5.81. The zero-order chi connectivity index (χ0) is 21.8. The second-order valence-corrected chi connectivity index (χ2v) is 7.68. The van der Waals surface area contributed by atoms with E-state index in [4.69, 9.17) is 9.47 Å². The number of benzene rings is 3. The van der Waals surface area contributed by atoms with Crippen LogP contribution in [0.3, 0.4) is 0 Å². The van der Waals surface area contributed by atoms with Gasteiger partial charge < -0.3 is 14.8 Å². The molecule has 5 nitrogen and oxygen atoms in total. The van der Waals surface area contributed by atoms with Crippen LogP contribution in [0, 0.1) is 6.92 Å². The molecule has 31 heavy (non-hydrogen) atoms. The molecule has 1 aliphatic rings. The van der Waals surface area contributed by atoms with Crippen LogP contribution in [0.1, 0.15) is 28.2 Å². The van der Waals surface area contributed by atoms with Crippen molar-refractivity contribution in [3.8, 4) is 11.1 Å². The Balaban J connectivity index is 1.45. The third-order valence-corrected chi connectivity index (χ3v) is 5.81. The summed E-state index contributed by atoms with van der Waals surface area (Å²) in [5.41, 5.74) is 6.63. The van der Waals surface area contributed by atoms with Gasteiger partial charge in [0.15, 0.2) is 0 Å². The number of ether oxygens (including phenoxy) is 2. The number of amides is 1. The number of aryl methyl sites for hydroxylation is 1. The minimum absolute atomic E-state index is 0.0360. The van der Waals surface area contributed by atoms with Crippen molar-refractivity contribution in [2.45, 2.75) is 25.3 Å². The van der Waals surface area contributed by atoms with Crippen molar-refractivity contribution in [1.82, 2.24) is 5.32 Å². The summed E-state index contributed by atoms with van der Waals surface area (Å²) in [7, 11) is 1.31. The first kappa shape index (κ1) is 20.7. The molecular weight excluding hydrogens is 390 g/mol.